The van der Waals surface area contributed by atoms with Crippen molar-refractivity contribution in [2.75, 3.05) is 31.5 Å². The first kappa shape index (κ1) is 27.9. The maximum atomic E-state index is 13.7. The molecule has 4 aromatic rings. The van der Waals surface area contributed by atoms with E-state index in [1.807, 2.05) is 0 Å². The molecule has 0 aliphatic carbocycles. The lowest BCUT2D eigenvalue weighted by Crippen LogP contribution is -2.51. The van der Waals surface area contributed by atoms with E-state index in [4.69, 9.17) is 4.74 Å². The second kappa shape index (κ2) is 11.4. The molecular formula is C27H24N4O8S2. The minimum Gasteiger partial charge on any atom is -0.504 e. The van der Waals surface area contributed by atoms with E-state index < -0.39 is 21.0 Å². The number of sulfonamides is 1. The number of aromatic hydroxyl groups is 2. The number of ether oxygens (including phenoxy) is 1. The van der Waals surface area contributed by atoms with Crippen molar-refractivity contribution < 1.29 is 33.1 Å². The number of hydrogen-bond acceptors (Lipinski definition) is 9. The van der Waals surface area contributed by atoms with Gasteiger partial charge in [-0.2, -0.15) is 4.31 Å². The highest BCUT2D eigenvalue weighted by Crippen LogP contribution is 2.41. The zero-order valence-electron chi connectivity index (χ0n) is 21.3. The van der Waals surface area contributed by atoms with E-state index in [-0.39, 0.29) is 59.0 Å². The summed E-state index contributed by atoms with van der Waals surface area (Å²) in [5.74, 6) is -0.0304. The minimum absolute atomic E-state index is 0.0625. The van der Waals surface area contributed by atoms with E-state index in [1.165, 1.54) is 51.7 Å². The number of benzene rings is 3. The standard InChI is InChI=1S/C27H24N4O8S2/c32-23-9-8-20(17-24(23)33)39-25-7-2-1-6-21(25)22-10-15-40-26(22)41(37,38)30-13-11-29(12-14-30)27(34)28-18-4-3-5-19(16-18)31(35)36/h1-10,15-17,32-33H,11-14H2,(H,28,34). The molecule has 0 saturated carbocycles. The highest BCUT2D eigenvalue weighted by atomic mass is 32.2. The van der Waals surface area contributed by atoms with Gasteiger partial charge >= 0.3 is 6.03 Å². The summed E-state index contributed by atoms with van der Waals surface area (Å²) in [6.07, 6.45) is 0. The van der Waals surface area contributed by atoms with Crippen molar-refractivity contribution in [3.05, 3.63) is 88.3 Å². The summed E-state index contributed by atoms with van der Waals surface area (Å²) in [6.45, 7) is 0.384. The summed E-state index contributed by atoms with van der Waals surface area (Å²) in [7, 11) is -3.93. The van der Waals surface area contributed by atoms with Crippen LogP contribution in [0.25, 0.3) is 11.1 Å². The second-order valence-corrected chi connectivity index (χ2v) is 12.0. The van der Waals surface area contributed by atoms with E-state index in [0.717, 1.165) is 11.3 Å². The van der Waals surface area contributed by atoms with E-state index in [2.05, 4.69) is 5.32 Å². The lowest BCUT2D eigenvalue weighted by molar-refractivity contribution is -0.384. The number of hydrogen-bond donors (Lipinski definition) is 3. The Kier molecular flexibility index (Phi) is 7.79. The molecule has 3 N–H and O–H groups in total. The van der Waals surface area contributed by atoms with Crippen molar-refractivity contribution in [3.8, 4) is 34.1 Å². The molecule has 3 aromatic carbocycles. The molecule has 12 nitrogen and oxygen atoms in total. The number of phenols is 2. The summed E-state index contributed by atoms with van der Waals surface area (Å²) < 4.78 is 34.8. The Hall–Kier alpha value is -4.66. The van der Waals surface area contributed by atoms with Crippen molar-refractivity contribution in [3.63, 3.8) is 0 Å². The number of phenolic OH excluding ortho intramolecular Hbond substituents is 2. The Morgan fingerprint density at radius 2 is 1.68 bits per heavy atom. The molecule has 1 aliphatic rings. The van der Waals surface area contributed by atoms with Crippen LogP contribution in [-0.2, 0) is 10.0 Å². The van der Waals surface area contributed by atoms with Crippen LogP contribution in [0, 0.1) is 10.1 Å². The second-order valence-electron chi connectivity index (χ2n) is 9.00. The molecule has 1 aliphatic heterocycles. The summed E-state index contributed by atoms with van der Waals surface area (Å²) in [5.41, 5.74) is 1.08. The van der Waals surface area contributed by atoms with Gasteiger partial charge < -0.3 is 25.2 Å². The first-order valence-corrected chi connectivity index (χ1v) is 14.6. The maximum absolute atomic E-state index is 13.7. The van der Waals surface area contributed by atoms with Gasteiger partial charge in [0, 0.05) is 61.2 Å². The van der Waals surface area contributed by atoms with Gasteiger partial charge in [-0.3, -0.25) is 10.1 Å². The zero-order chi connectivity index (χ0) is 29.1. The summed E-state index contributed by atoms with van der Waals surface area (Å²) in [4.78, 5) is 24.6. The number of urea groups is 1. The van der Waals surface area contributed by atoms with Crippen molar-refractivity contribution in [1.29, 1.82) is 0 Å². The van der Waals surface area contributed by atoms with Gasteiger partial charge in [-0.05, 0) is 35.7 Å². The average Bonchev–Trinajstić information content (AvgIpc) is 3.46. The molecule has 2 heterocycles. The molecule has 0 atom stereocenters. The molecule has 0 spiro atoms. The van der Waals surface area contributed by atoms with E-state index in [1.54, 1.807) is 35.7 Å². The number of carbonyl (C=O) groups excluding carboxylic acids is 1. The number of para-hydroxylation sites is 1. The molecular weight excluding hydrogens is 572 g/mol. The van der Waals surface area contributed by atoms with Gasteiger partial charge in [-0.25, -0.2) is 13.2 Å². The summed E-state index contributed by atoms with van der Waals surface area (Å²) in [6, 6.07) is 17.7. The number of nitro benzene ring substituents is 1. The normalized spacial score (nSPS) is 14.0. The van der Waals surface area contributed by atoms with E-state index in [0.29, 0.717) is 16.9 Å². The molecule has 0 bridgehead atoms. The summed E-state index contributed by atoms with van der Waals surface area (Å²) >= 11 is 1.07. The highest BCUT2D eigenvalue weighted by molar-refractivity contribution is 7.91. The molecule has 1 saturated heterocycles. The van der Waals surface area contributed by atoms with Crippen LogP contribution in [-0.4, -0.2) is 65.0 Å². The Bertz CT molecular complexity index is 1720. The molecule has 5 rings (SSSR count). The third kappa shape index (κ3) is 5.94. The number of nitrogens with zero attached hydrogens (tertiary/aromatic N) is 3. The number of nitro groups is 1. The largest absolute Gasteiger partial charge is 0.504 e. The fourth-order valence-electron chi connectivity index (χ4n) is 4.32. The number of anilines is 1. The van der Waals surface area contributed by atoms with Crippen LogP contribution in [0.2, 0.25) is 0 Å². The van der Waals surface area contributed by atoms with Crippen LogP contribution in [0.15, 0.2) is 82.4 Å². The molecule has 1 fully saturated rings. The van der Waals surface area contributed by atoms with Crippen LogP contribution in [0.1, 0.15) is 0 Å². The molecule has 0 radical (unpaired) electrons. The number of piperazine rings is 1. The monoisotopic (exact) mass is 596 g/mol. The Morgan fingerprint density at radius 3 is 2.41 bits per heavy atom. The predicted octanol–water partition coefficient (Wildman–Crippen LogP) is 5.07. The van der Waals surface area contributed by atoms with Gasteiger partial charge in [0.1, 0.15) is 15.7 Å². The zero-order valence-corrected chi connectivity index (χ0v) is 23.0. The minimum atomic E-state index is -3.93. The fourth-order valence-corrected chi connectivity index (χ4v) is 7.25. The van der Waals surface area contributed by atoms with Gasteiger partial charge in [0.15, 0.2) is 11.5 Å². The Balaban J connectivity index is 1.31. The van der Waals surface area contributed by atoms with Crippen molar-refractivity contribution in [2.45, 2.75) is 4.21 Å². The lowest BCUT2D eigenvalue weighted by Gasteiger charge is -2.33. The number of non-ortho nitro benzene ring substituents is 1. The van der Waals surface area contributed by atoms with Crippen LogP contribution < -0.4 is 10.1 Å². The van der Waals surface area contributed by atoms with Gasteiger partial charge in [0.2, 0.25) is 0 Å². The van der Waals surface area contributed by atoms with Gasteiger partial charge in [-0.15, -0.1) is 11.3 Å². The van der Waals surface area contributed by atoms with Gasteiger partial charge in [0.25, 0.3) is 15.7 Å². The molecule has 212 valence electrons. The maximum Gasteiger partial charge on any atom is 0.321 e. The van der Waals surface area contributed by atoms with Crippen LogP contribution >= 0.6 is 11.3 Å². The van der Waals surface area contributed by atoms with Crippen LogP contribution in [0.3, 0.4) is 0 Å². The van der Waals surface area contributed by atoms with Crippen molar-refractivity contribution in [2.24, 2.45) is 0 Å². The van der Waals surface area contributed by atoms with E-state index >= 15 is 0 Å². The van der Waals surface area contributed by atoms with Gasteiger partial charge in [-0.1, -0.05) is 24.3 Å². The van der Waals surface area contributed by atoms with E-state index in [9.17, 15) is 33.5 Å². The number of thiophene rings is 1. The number of rotatable bonds is 7. The highest BCUT2D eigenvalue weighted by Gasteiger charge is 2.33. The number of amides is 2. The first-order valence-electron chi connectivity index (χ1n) is 12.3. The fraction of sp³-hybridized carbons (Fsp3) is 0.148. The van der Waals surface area contributed by atoms with Crippen molar-refractivity contribution >= 4 is 38.8 Å². The van der Waals surface area contributed by atoms with Gasteiger partial charge in [0.05, 0.1) is 4.92 Å². The topological polar surface area (TPSA) is 163 Å². The van der Waals surface area contributed by atoms with Crippen molar-refractivity contribution in [1.82, 2.24) is 9.21 Å². The molecule has 0 unspecified atom stereocenters. The molecule has 14 heteroatoms. The Labute approximate surface area is 238 Å². The summed E-state index contributed by atoms with van der Waals surface area (Å²) in [5, 5.41) is 34.7. The Morgan fingerprint density at radius 1 is 0.927 bits per heavy atom. The third-order valence-corrected chi connectivity index (χ3v) is 9.75. The molecule has 1 aromatic heterocycles. The third-order valence-electron chi connectivity index (χ3n) is 6.39. The molecule has 41 heavy (non-hydrogen) atoms. The predicted molar refractivity (Wildman–Crippen MR) is 152 cm³/mol. The quantitative estimate of drug-likeness (QED) is 0.151. The average molecular weight is 597 g/mol. The lowest BCUT2D eigenvalue weighted by atomic mass is 10.1. The molecule has 2 amide bonds. The van der Waals surface area contributed by atoms with Crippen LogP contribution in [0.5, 0.6) is 23.0 Å². The van der Waals surface area contributed by atoms with Crippen LogP contribution in [0.4, 0.5) is 16.2 Å². The smallest absolute Gasteiger partial charge is 0.321 e. The number of nitrogens with one attached hydrogen (secondary N) is 1. The SMILES string of the molecule is O=C(Nc1cccc([N+](=O)[O-])c1)N1CCN(S(=O)(=O)c2sccc2-c2ccccc2Oc2ccc(O)c(O)c2)CC1. The number of carbonyl (C=O) groups is 1. The first-order chi connectivity index (χ1) is 19.6.